The van der Waals surface area contributed by atoms with Crippen LogP contribution in [0, 0.1) is 11.7 Å². The maximum atomic E-state index is 14.8. The van der Waals surface area contributed by atoms with Gasteiger partial charge in [0.15, 0.2) is 5.17 Å². The molecule has 2 aromatic rings. The largest absolute Gasteiger partial charge is 0.418 e. The lowest BCUT2D eigenvalue weighted by molar-refractivity contribution is -0.138. The molecule has 0 saturated heterocycles. The third-order valence-corrected chi connectivity index (χ3v) is 6.50. The van der Waals surface area contributed by atoms with Crippen LogP contribution >= 0.6 is 11.8 Å². The van der Waals surface area contributed by atoms with Gasteiger partial charge in [0.25, 0.3) is 5.91 Å². The first kappa shape index (κ1) is 20.6. The van der Waals surface area contributed by atoms with Crippen molar-refractivity contribution in [3.05, 3.63) is 59.2 Å². The van der Waals surface area contributed by atoms with Crippen molar-refractivity contribution < 1.29 is 22.4 Å². The minimum Gasteiger partial charge on any atom is -0.379 e. The Kier molecular flexibility index (Phi) is 5.21. The zero-order valence-electron chi connectivity index (χ0n) is 15.7. The van der Waals surface area contributed by atoms with Crippen LogP contribution in [-0.4, -0.2) is 21.8 Å². The highest BCUT2D eigenvalue weighted by atomic mass is 32.2. The number of nitrogens with zero attached hydrogens (tertiary/aromatic N) is 2. The molecule has 30 heavy (non-hydrogen) atoms. The average Bonchev–Trinajstić information content (AvgIpc) is 3.12. The summed E-state index contributed by atoms with van der Waals surface area (Å²) in [5, 5.41) is 2.79. The number of benzene rings is 1. The number of aliphatic imine (C=N–C) groups is 1. The van der Waals surface area contributed by atoms with Gasteiger partial charge in [0.2, 0.25) is 0 Å². The van der Waals surface area contributed by atoms with Crippen LogP contribution in [0.5, 0.6) is 0 Å². The van der Waals surface area contributed by atoms with Crippen molar-refractivity contribution in [2.75, 3.05) is 11.1 Å². The highest BCUT2D eigenvalue weighted by Gasteiger charge is 2.48. The third-order valence-electron chi connectivity index (χ3n) is 5.55. The van der Waals surface area contributed by atoms with E-state index in [1.807, 2.05) is 0 Å². The molecule has 1 fully saturated rings. The number of hydrogen-bond donors (Lipinski definition) is 2. The van der Waals surface area contributed by atoms with Crippen LogP contribution in [0.1, 0.15) is 40.9 Å². The number of aromatic nitrogens is 1. The van der Waals surface area contributed by atoms with Crippen molar-refractivity contribution in [1.29, 1.82) is 0 Å². The summed E-state index contributed by atoms with van der Waals surface area (Å²) >= 11 is 1.43. The van der Waals surface area contributed by atoms with E-state index in [9.17, 15) is 22.4 Å². The molecule has 2 atom stereocenters. The van der Waals surface area contributed by atoms with Gasteiger partial charge in [-0.2, -0.15) is 13.2 Å². The summed E-state index contributed by atoms with van der Waals surface area (Å²) in [6, 6.07) is 5.83. The maximum Gasteiger partial charge on any atom is 0.418 e. The van der Waals surface area contributed by atoms with Crippen molar-refractivity contribution in [1.82, 2.24) is 4.98 Å². The molecule has 0 bridgehead atoms. The van der Waals surface area contributed by atoms with Crippen LogP contribution in [0.3, 0.4) is 0 Å². The maximum absolute atomic E-state index is 14.8. The van der Waals surface area contributed by atoms with E-state index in [4.69, 9.17) is 5.73 Å². The number of alkyl halides is 3. The number of thioether (sulfide) groups is 1. The summed E-state index contributed by atoms with van der Waals surface area (Å²) in [4.78, 5) is 20.7. The van der Waals surface area contributed by atoms with Crippen molar-refractivity contribution in [2.24, 2.45) is 16.6 Å². The summed E-state index contributed by atoms with van der Waals surface area (Å²) in [7, 11) is 0. The van der Waals surface area contributed by atoms with E-state index in [-0.39, 0.29) is 11.6 Å². The quantitative estimate of drug-likeness (QED) is 0.689. The van der Waals surface area contributed by atoms with Crippen LogP contribution in [0.2, 0.25) is 0 Å². The predicted molar refractivity (Wildman–Crippen MR) is 107 cm³/mol. The van der Waals surface area contributed by atoms with E-state index in [0.717, 1.165) is 31.2 Å². The second kappa shape index (κ2) is 7.57. The zero-order valence-corrected chi connectivity index (χ0v) is 16.5. The molecule has 1 aromatic carbocycles. The molecule has 1 aromatic heterocycles. The number of nitrogens with one attached hydrogen (secondary N) is 1. The van der Waals surface area contributed by atoms with Gasteiger partial charge in [-0.15, -0.1) is 0 Å². The highest BCUT2D eigenvalue weighted by Crippen LogP contribution is 2.51. The van der Waals surface area contributed by atoms with Crippen molar-refractivity contribution in [3.8, 4) is 0 Å². The van der Waals surface area contributed by atoms with Crippen LogP contribution in [0.25, 0.3) is 0 Å². The Morgan fingerprint density at radius 2 is 2.10 bits per heavy atom. The molecular formula is C20H18F4N4OS. The second-order valence-electron chi connectivity index (χ2n) is 7.32. The molecular weight excluding hydrogens is 420 g/mol. The molecule has 158 valence electrons. The molecule has 1 aliphatic carbocycles. The van der Waals surface area contributed by atoms with E-state index >= 15 is 0 Å². The van der Waals surface area contributed by atoms with Crippen LogP contribution in [0.15, 0.2) is 41.5 Å². The SMILES string of the molecule is NC1=NC2(c3cc(NC(=O)c4ncccc4C(F)(F)F)ccc3F)CCCC2CS1. The van der Waals surface area contributed by atoms with Crippen LogP contribution in [0.4, 0.5) is 23.2 Å². The number of carbonyl (C=O) groups excluding carboxylic acids is 1. The Bertz CT molecular complexity index is 1030. The molecule has 1 aliphatic heterocycles. The second-order valence-corrected chi connectivity index (χ2v) is 8.36. The van der Waals surface area contributed by atoms with Gasteiger partial charge < -0.3 is 11.1 Å². The smallest absolute Gasteiger partial charge is 0.379 e. The van der Waals surface area contributed by atoms with E-state index in [1.54, 1.807) is 0 Å². The van der Waals surface area contributed by atoms with Gasteiger partial charge in [0, 0.05) is 23.2 Å². The van der Waals surface area contributed by atoms with Crippen LogP contribution < -0.4 is 11.1 Å². The summed E-state index contributed by atoms with van der Waals surface area (Å²) in [5.74, 6) is -0.697. The van der Waals surface area contributed by atoms with E-state index in [0.29, 0.717) is 22.9 Å². The van der Waals surface area contributed by atoms with Crippen molar-refractivity contribution >= 4 is 28.5 Å². The zero-order chi connectivity index (χ0) is 21.5. The first-order valence-corrected chi connectivity index (χ1v) is 10.3. The van der Waals surface area contributed by atoms with Gasteiger partial charge in [-0.1, -0.05) is 18.2 Å². The predicted octanol–water partition coefficient (Wildman–Crippen LogP) is 4.55. The lowest BCUT2D eigenvalue weighted by Crippen LogP contribution is -2.37. The fraction of sp³-hybridized carbons (Fsp3) is 0.350. The third kappa shape index (κ3) is 3.64. The number of hydrogen-bond acceptors (Lipinski definition) is 5. The van der Waals surface area contributed by atoms with Gasteiger partial charge in [-0.3, -0.25) is 14.8 Å². The minimum absolute atomic E-state index is 0.0999. The first-order chi connectivity index (χ1) is 14.2. The number of anilines is 1. The molecule has 10 heteroatoms. The number of carbonyl (C=O) groups is 1. The van der Waals surface area contributed by atoms with Crippen molar-refractivity contribution in [3.63, 3.8) is 0 Å². The Balaban J connectivity index is 1.69. The van der Waals surface area contributed by atoms with Gasteiger partial charge >= 0.3 is 6.18 Å². The molecule has 2 unspecified atom stereocenters. The summed E-state index contributed by atoms with van der Waals surface area (Å²) in [6.07, 6.45) is -1.26. The number of amidine groups is 1. The van der Waals surface area contributed by atoms with Crippen molar-refractivity contribution in [2.45, 2.75) is 31.0 Å². The molecule has 5 nitrogen and oxygen atoms in total. The van der Waals surface area contributed by atoms with Gasteiger partial charge in [0.05, 0.1) is 11.1 Å². The molecule has 2 heterocycles. The topological polar surface area (TPSA) is 80.4 Å². The van der Waals surface area contributed by atoms with Gasteiger partial charge in [-0.25, -0.2) is 4.39 Å². The average molecular weight is 438 g/mol. The number of pyridine rings is 1. The Labute approximate surface area is 174 Å². The molecule has 1 amide bonds. The lowest BCUT2D eigenvalue weighted by Gasteiger charge is -2.36. The lowest BCUT2D eigenvalue weighted by atomic mass is 9.81. The van der Waals surface area contributed by atoms with E-state index in [1.165, 1.54) is 30.0 Å². The Morgan fingerprint density at radius 3 is 2.87 bits per heavy atom. The van der Waals surface area contributed by atoms with E-state index in [2.05, 4.69) is 15.3 Å². The molecule has 4 rings (SSSR count). The Hall–Kier alpha value is -2.62. The van der Waals surface area contributed by atoms with Crippen LogP contribution in [-0.2, 0) is 11.7 Å². The number of rotatable bonds is 3. The molecule has 0 spiro atoms. The highest BCUT2D eigenvalue weighted by molar-refractivity contribution is 8.13. The molecule has 3 N–H and O–H groups in total. The summed E-state index contributed by atoms with van der Waals surface area (Å²) in [5.41, 5.74) is 3.68. The first-order valence-electron chi connectivity index (χ1n) is 9.32. The van der Waals surface area contributed by atoms with E-state index < -0.39 is 34.7 Å². The number of fused-ring (bicyclic) bond motifs is 1. The molecule has 1 saturated carbocycles. The number of amides is 1. The fourth-order valence-electron chi connectivity index (χ4n) is 4.20. The summed E-state index contributed by atoms with van der Waals surface area (Å²) < 4.78 is 54.4. The van der Waals surface area contributed by atoms with Gasteiger partial charge in [-0.05, 0) is 49.1 Å². The molecule has 2 aliphatic rings. The standard InChI is InChI=1S/C20H18F4N4OS/c21-15-6-5-12(27-17(29)16-13(20(22,23)24)4-2-8-26-16)9-14(15)19-7-1-3-11(19)10-30-18(25)28-19/h2,4-6,8-9,11H,1,3,7,10H2,(H2,25,28)(H,27,29). The Morgan fingerprint density at radius 1 is 1.30 bits per heavy atom. The summed E-state index contributed by atoms with van der Waals surface area (Å²) in [6.45, 7) is 0. The monoisotopic (exact) mass is 438 g/mol. The van der Waals surface area contributed by atoms with Gasteiger partial charge in [0.1, 0.15) is 11.5 Å². The normalized spacial score (nSPS) is 23.6. The minimum atomic E-state index is -4.73. The fourth-order valence-corrected chi connectivity index (χ4v) is 5.24. The molecule has 0 radical (unpaired) electrons. The number of nitrogens with two attached hydrogens (primary N) is 1. The number of halogens is 4.